The van der Waals surface area contributed by atoms with E-state index in [1.54, 1.807) is 7.11 Å². The van der Waals surface area contributed by atoms with Gasteiger partial charge in [0.05, 0.1) is 7.11 Å². The van der Waals surface area contributed by atoms with Crippen molar-refractivity contribution in [3.8, 4) is 5.75 Å². The summed E-state index contributed by atoms with van der Waals surface area (Å²) in [6.45, 7) is 0. The Morgan fingerprint density at radius 2 is 2.05 bits per heavy atom. The summed E-state index contributed by atoms with van der Waals surface area (Å²) in [5.74, 6) is 0.763. The number of fused-ring (bicyclic) bond motifs is 1. The molecule has 0 saturated carbocycles. The number of aromatic nitrogens is 4. The minimum absolute atomic E-state index is 0.290. The van der Waals surface area contributed by atoms with Crippen molar-refractivity contribution in [2.45, 2.75) is 6.42 Å². The van der Waals surface area contributed by atoms with E-state index in [1.165, 1.54) is 4.52 Å². The fourth-order valence-corrected chi connectivity index (χ4v) is 2.41. The van der Waals surface area contributed by atoms with Crippen LogP contribution in [0.3, 0.4) is 0 Å². The van der Waals surface area contributed by atoms with Crippen molar-refractivity contribution >= 4 is 21.4 Å². The lowest BCUT2D eigenvalue weighted by molar-refractivity contribution is 0.414. The Kier molecular flexibility index (Phi) is 3.07. The zero-order valence-electron chi connectivity index (χ0n) is 10.6. The molecule has 2 N–H and O–H groups in total. The molecule has 2 heterocycles. The first-order valence-electron chi connectivity index (χ1n) is 5.81. The van der Waals surface area contributed by atoms with Gasteiger partial charge in [0.25, 0.3) is 5.56 Å². The number of nitrogen functional groups attached to an aromatic ring is 1. The fourth-order valence-electron chi connectivity index (χ4n) is 1.81. The molecule has 0 aliphatic rings. The van der Waals surface area contributed by atoms with Gasteiger partial charge in [-0.15, -0.1) is 15.3 Å². The molecule has 8 heteroatoms. The maximum atomic E-state index is 12.2. The van der Waals surface area contributed by atoms with Crippen LogP contribution in [0.15, 0.2) is 29.1 Å². The predicted octanol–water partition coefficient (Wildman–Crippen LogP) is 0.728. The summed E-state index contributed by atoms with van der Waals surface area (Å²) in [4.78, 5) is 12.6. The smallest absolute Gasteiger partial charge is 0.297 e. The topological polar surface area (TPSA) is 95.4 Å². The lowest BCUT2D eigenvalue weighted by atomic mass is 10.1. The molecule has 20 heavy (non-hydrogen) atoms. The molecule has 102 valence electrons. The Morgan fingerprint density at radius 1 is 1.30 bits per heavy atom. The van der Waals surface area contributed by atoms with Crippen molar-refractivity contribution in [1.82, 2.24) is 19.8 Å². The quantitative estimate of drug-likeness (QED) is 0.763. The maximum Gasteiger partial charge on any atom is 0.297 e. The number of hydrogen-bond donors (Lipinski definition) is 1. The van der Waals surface area contributed by atoms with Crippen LogP contribution in [0.5, 0.6) is 5.75 Å². The Hall–Kier alpha value is -2.48. The van der Waals surface area contributed by atoms with E-state index in [9.17, 15) is 4.79 Å². The highest BCUT2D eigenvalue weighted by Gasteiger charge is 2.11. The highest BCUT2D eigenvalue weighted by Crippen LogP contribution is 2.14. The molecule has 2 aromatic heterocycles. The average Bonchev–Trinajstić information content (AvgIpc) is 2.84. The second-order valence-electron chi connectivity index (χ2n) is 4.11. The van der Waals surface area contributed by atoms with Gasteiger partial charge in [-0.2, -0.15) is 4.52 Å². The summed E-state index contributed by atoms with van der Waals surface area (Å²) in [6.07, 6.45) is 0.385. The maximum absolute atomic E-state index is 12.2. The third-order valence-corrected chi connectivity index (χ3v) is 3.53. The number of rotatable bonds is 3. The first-order valence-corrected chi connectivity index (χ1v) is 6.63. The molecule has 0 bridgehead atoms. The van der Waals surface area contributed by atoms with Gasteiger partial charge < -0.3 is 10.5 Å². The second kappa shape index (κ2) is 4.89. The fraction of sp³-hybridized carbons (Fsp3) is 0.167. The lowest BCUT2D eigenvalue weighted by Gasteiger charge is -2.02. The zero-order valence-corrected chi connectivity index (χ0v) is 11.4. The van der Waals surface area contributed by atoms with E-state index in [4.69, 9.17) is 10.5 Å². The first kappa shape index (κ1) is 12.5. The van der Waals surface area contributed by atoms with Crippen LogP contribution in [0.25, 0.3) is 4.96 Å². The van der Waals surface area contributed by atoms with Crippen LogP contribution in [-0.2, 0) is 6.42 Å². The number of hydrogen-bond acceptors (Lipinski definition) is 7. The highest BCUT2D eigenvalue weighted by molar-refractivity contribution is 7.20. The van der Waals surface area contributed by atoms with E-state index in [2.05, 4.69) is 15.3 Å². The molecule has 0 spiro atoms. The van der Waals surface area contributed by atoms with Crippen molar-refractivity contribution in [2.24, 2.45) is 0 Å². The first-order chi connectivity index (χ1) is 9.67. The van der Waals surface area contributed by atoms with Crippen molar-refractivity contribution < 1.29 is 4.74 Å². The molecule has 0 fully saturated rings. The standard InChI is InChI=1S/C12H11N5O2S/c1-19-8-4-2-7(3-5-8)6-9-10(18)17-12(15-14-9)20-11(13)16-17/h2-5H,6H2,1H3,(H2,13,16). The number of benzene rings is 1. The van der Waals surface area contributed by atoms with Crippen LogP contribution >= 0.6 is 11.3 Å². The van der Waals surface area contributed by atoms with E-state index >= 15 is 0 Å². The van der Waals surface area contributed by atoms with E-state index in [0.717, 1.165) is 22.6 Å². The molecule has 0 aliphatic carbocycles. The average molecular weight is 289 g/mol. The molecule has 0 amide bonds. The lowest BCUT2D eigenvalue weighted by Crippen LogP contribution is -2.22. The third kappa shape index (κ3) is 2.21. The molecule has 3 rings (SSSR count). The minimum Gasteiger partial charge on any atom is -0.497 e. The summed E-state index contributed by atoms with van der Waals surface area (Å²) in [7, 11) is 1.60. The normalized spacial score (nSPS) is 10.8. The molecule has 0 saturated heterocycles. The number of anilines is 1. The van der Waals surface area contributed by atoms with Gasteiger partial charge in [-0.05, 0) is 17.7 Å². The van der Waals surface area contributed by atoms with Gasteiger partial charge in [0.15, 0.2) is 0 Å². The third-order valence-electron chi connectivity index (χ3n) is 2.80. The number of nitrogens with zero attached hydrogens (tertiary/aromatic N) is 4. The van der Waals surface area contributed by atoms with Crippen LogP contribution in [-0.4, -0.2) is 26.9 Å². The van der Waals surface area contributed by atoms with Gasteiger partial charge in [-0.25, -0.2) is 0 Å². The molecule has 7 nitrogen and oxygen atoms in total. The predicted molar refractivity (Wildman–Crippen MR) is 75.1 cm³/mol. The Labute approximate surface area is 117 Å². The molecular weight excluding hydrogens is 278 g/mol. The van der Waals surface area contributed by atoms with Gasteiger partial charge in [0, 0.05) is 6.42 Å². The van der Waals surface area contributed by atoms with E-state index in [0.29, 0.717) is 17.1 Å². The Balaban J connectivity index is 1.97. The zero-order chi connectivity index (χ0) is 14.1. The van der Waals surface area contributed by atoms with Crippen LogP contribution in [0.4, 0.5) is 5.13 Å². The molecule has 0 atom stereocenters. The van der Waals surface area contributed by atoms with Crippen LogP contribution in [0, 0.1) is 0 Å². The Morgan fingerprint density at radius 3 is 2.75 bits per heavy atom. The Bertz CT molecular complexity index is 809. The largest absolute Gasteiger partial charge is 0.497 e. The molecular formula is C12H11N5O2S. The molecule has 0 aliphatic heterocycles. The number of nitrogens with two attached hydrogens (primary N) is 1. The van der Waals surface area contributed by atoms with E-state index < -0.39 is 0 Å². The summed E-state index contributed by atoms with van der Waals surface area (Å²) >= 11 is 1.13. The molecule has 0 radical (unpaired) electrons. The van der Waals surface area contributed by atoms with Crippen molar-refractivity contribution in [3.05, 3.63) is 45.9 Å². The van der Waals surface area contributed by atoms with Crippen molar-refractivity contribution in [1.29, 1.82) is 0 Å². The number of methoxy groups -OCH3 is 1. The summed E-state index contributed by atoms with van der Waals surface area (Å²) in [5.41, 5.74) is 6.54. The minimum atomic E-state index is -0.293. The molecule has 3 aromatic rings. The van der Waals surface area contributed by atoms with Crippen LogP contribution in [0.1, 0.15) is 11.3 Å². The SMILES string of the molecule is COc1ccc(Cc2nnc3sc(N)nn3c2=O)cc1. The van der Waals surface area contributed by atoms with Crippen LogP contribution in [0.2, 0.25) is 0 Å². The molecule has 0 unspecified atom stereocenters. The van der Waals surface area contributed by atoms with E-state index in [1.807, 2.05) is 24.3 Å². The van der Waals surface area contributed by atoms with Crippen LogP contribution < -0.4 is 16.0 Å². The summed E-state index contributed by atoms with van der Waals surface area (Å²) < 4.78 is 6.27. The second-order valence-corrected chi connectivity index (χ2v) is 5.10. The van der Waals surface area contributed by atoms with Gasteiger partial charge in [-0.3, -0.25) is 4.79 Å². The van der Waals surface area contributed by atoms with Gasteiger partial charge in [-0.1, -0.05) is 23.5 Å². The monoisotopic (exact) mass is 289 g/mol. The van der Waals surface area contributed by atoms with Gasteiger partial charge in [0.2, 0.25) is 10.1 Å². The van der Waals surface area contributed by atoms with Gasteiger partial charge >= 0.3 is 0 Å². The number of ether oxygens (including phenoxy) is 1. The summed E-state index contributed by atoms with van der Waals surface area (Å²) in [6, 6.07) is 7.42. The highest BCUT2D eigenvalue weighted by atomic mass is 32.1. The summed E-state index contributed by atoms with van der Waals surface area (Å²) in [5, 5.41) is 12.1. The van der Waals surface area contributed by atoms with Crippen molar-refractivity contribution in [2.75, 3.05) is 12.8 Å². The van der Waals surface area contributed by atoms with Gasteiger partial charge in [0.1, 0.15) is 11.4 Å². The molecule has 1 aromatic carbocycles. The van der Waals surface area contributed by atoms with E-state index in [-0.39, 0.29) is 10.7 Å². The van der Waals surface area contributed by atoms with Crippen molar-refractivity contribution in [3.63, 3.8) is 0 Å².